The largest absolute Gasteiger partial charge is 0.335 e. The summed E-state index contributed by atoms with van der Waals surface area (Å²) < 4.78 is 27.0. The summed E-state index contributed by atoms with van der Waals surface area (Å²) in [6.45, 7) is 4.89. The molecule has 0 bridgehead atoms. The molecule has 3 nitrogen and oxygen atoms in total. The van der Waals surface area contributed by atoms with Crippen LogP contribution in [0.25, 0.3) is 0 Å². The fraction of sp³-hybridized carbons (Fsp3) is 0.400. The summed E-state index contributed by atoms with van der Waals surface area (Å²) in [4.78, 5) is 13.8. The number of benzene rings is 1. The Balaban J connectivity index is 2.22. The number of likely N-dealkylation sites (N-methyl/N-ethyl adjacent to an activating group) is 1. The van der Waals surface area contributed by atoms with Gasteiger partial charge in [-0.05, 0) is 37.6 Å². The van der Waals surface area contributed by atoms with E-state index in [0.29, 0.717) is 18.7 Å². The standard InChI is InChI=1S/C15H18F2N2O/c1-9(11-7-18-8-11)15(20)19(3)10(2)13-6-12(16)4-5-14(13)17/h4-6,10,18H,7-8H2,1-3H3. The van der Waals surface area contributed by atoms with Gasteiger partial charge in [-0.15, -0.1) is 0 Å². The Morgan fingerprint density at radius 1 is 1.35 bits per heavy atom. The van der Waals surface area contributed by atoms with Crippen molar-refractivity contribution < 1.29 is 13.6 Å². The van der Waals surface area contributed by atoms with Crippen LogP contribution in [-0.2, 0) is 4.79 Å². The average molecular weight is 280 g/mol. The van der Waals surface area contributed by atoms with Crippen molar-refractivity contribution in [1.82, 2.24) is 10.2 Å². The molecule has 1 saturated heterocycles. The predicted octanol–water partition coefficient (Wildman–Crippen LogP) is 2.40. The van der Waals surface area contributed by atoms with Crippen LogP contribution in [0, 0.1) is 11.6 Å². The van der Waals surface area contributed by atoms with Gasteiger partial charge in [-0.2, -0.15) is 0 Å². The molecule has 108 valence electrons. The molecule has 1 aromatic rings. The third kappa shape index (κ3) is 2.72. The zero-order valence-corrected chi connectivity index (χ0v) is 11.8. The number of hydrogen-bond donors (Lipinski definition) is 1. The molecule has 20 heavy (non-hydrogen) atoms. The first-order valence-electron chi connectivity index (χ1n) is 6.53. The lowest BCUT2D eigenvalue weighted by Gasteiger charge is -2.29. The van der Waals surface area contributed by atoms with Crippen LogP contribution in [0.2, 0.25) is 0 Å². The molecule has 0 spiro atoms. The van der Waals surface area contributed by atoms with Crippen LogP contribution >= 0.6 is 0 Å². The molecule has 1 aliphatic heterocycles. The average Bonchev–Trinajstić information content (AvgIpc) is 2.37. The van der Waals surface area contributed by atoms with Gasteiger partial charge in [0.1, 0.15) is 11.6 Å². The summed E-state index contributed by atoms with van der Waals surface area (Å²) >= 11 is 0. The molecule has 1 heterocycles. The maximum atomic E-state index is 13.8. The van der Waals surface area contributed by atoms with Gasteiger partial charge in [0.15, 0.2) is 0 Å². The van der Waals surface area contributed by atoms with Gasteiger partial charge in [-0.25, -0.2) is 8.78 Å². The van der Waals surface area contributed by atoms with Gasteiger partial charge in [0.05, 0.1) is 6.04 Å². The topological polar surface area (TPSA) is 32.3 Å². The normalized spacial score (nSPS) is 15.6. The van der Waals surface area contributed by atoms with E-state index < -0.39 is 17.7 Å². The molecule has 2 rings (SSSR count). The Kier molecular flexibility index (Phi) is 4.18. The number of halogens is 2. The highest BCUT2D eigenvalue weighted by molar-refractivity contribution is 5.94. The van der Waals surface area contributed by atoms with Gasteiger partial charge in [-0.3, -0.25) is 4.79 Å². The smallest absolute Gasteiger partial charge is 0.249 e. The minimum Gasteiger partial charge on any atom is -0.335 e. The van der Waals surface area contributed by atoms with Crippen LogP contribution in [0.1, 0.15) is 25.5 Å². The maximum absolute atomic E-state index is 13.8. The number of carbonyl (C=O) groups is 1. The SMILES string of the molecule is CC(C(=O)N(C)C(C)c1cc(F)ccc1F)=C1CNC1. The number of hydrogen-bond acceptors (Lipinski definition) is 2. The van der Waals surface area contributed by atoms with Crippen LogP contribution in [-0.4, -0.2) is 30.9 Å². The van der Waals surface area contributed by atoms with E-state index >= 15 is 0 Å². The molecule has 1 N–H and O–H groups in total. The van der Waals surface area contributed by atoms with E-state index in [4.69, 9.17) is 0 Å². The second kappa shape index (κ2) is 5.71. The van der Waals surface area contributed by atoms with Crippen LogP contribution in [0.4, 0.5) is 8.78 Å². The van der Waals surface area contributed by atoms with Gasteiger partial charge in [0, 0.05) is 31.3 Å². The molecule has 0 aliphatic carbocycles. The highest BCUT2D eigenvalue weighted by Gasteiger charge is 2.24. The molecule has 1 fully saturated rings. The minimum absolute atomic E-state index is 0.155. The first kappa shape index (κ1) is 14.7. The second-order valence-electron chi connectivity index (χ2n) is 5.09. The molecule has 1 amide bonds. The summed E-state index contributed by atoms with van der Waals surface area (Å²) in [6.07, 6.45) is 0. The van der Waals surface area contributed by atoms with E-state index in [2.05, 4.69) is 5.32 Å². The van der Waals surface area contributed by atoms with Crippen molar-refractivity contribution in [2.45, 2.75) is 19.9 Å². The summed E-state index contributed by atoms with van der Waals surface area (Å²) in [5.41, 5.74) is 1.93. The van der Waals surface area contributed by atoms with E-state index in [0.717, 1.165) is 23.8 Å². The molecular formula is C15H18F2N2O. The van der Waals surface area contributed by atoms with Crippen molar-refractivity contribution in [3.8, 4) is 0 Å². The Morgan fingerprint density at radius 2 is 2.00 bits per heavy atom. The lowest BCUT2D eigenvalue weighted by molar-refractivity contribution is -0.127. The van der Waals surface area contributed by atoms with Crippen molar-refractivity contribution in [3.05, 3.63) is 46.5 Å². The lowest BCUT2D eigenvalue weighted by atomic mass is 10.0. The minimum atomic E-state index is -0.526. The highest BCUT2D eigenvalue weighted by atomic mass is 19.1. The zero-order chi connectivity index (χ0) is 14.9. The van der Waals surface area contributed by atoms with E-state index in [9.17, 15) is 13.6 Å². The van der Waals surface area contributed by atoms with E-state index in [1.54, 1.807) is 20.9 Å². The van der Waals surface area contributed by atoms with Gasteiger partial charge in [-0.1, -0.05) is 0 Å². The number of nitrogens with zero attached hydrogens (tertiary/aromatic N) is 1. The van der Waals surface area contributed by atoms with E-state index in [1.807, 2.05) is 0 Å². The lowest BCUT2D eigenvalue weighted by Crippen LogP contribution is -2.38. The van der Waals surface area contributed by atoms with Crippen LogP contribution in [0.3, 0.4) is 0 Å². The first-order chi connectivity index (χ1) is 9.41. The molecule has 1 aliphatic rings. The summed E-state index contributed by atoms with van der Waals surface area (Å²) in [7, 11) is 1.60. The van der Waals surface area contributed by atoms with Crippen molar-refractivity contribution in [1.29, 1.82) is 0 Å². The first-order valence-corrected chi connectivity index (χ1v) is 6.53. The van der Waals surface area contributed by atoms with Crippen molar-refractivity contribution in [2.75, 3.05) is 20.1 Å². The third-order valence-corrected chi connectivity index (χ3v) is 3.84. The predicted molar refractivity (Wildman–Crippen MR) is 73.1 cm³/mol. The molecule has 5 heteroatoms. The fourth-order valence-electron chi connectivity index (χ4n) is 2.15. The molecule has 1 aromatic carbocycles. The summed E-state index contributed by atoms with van der Waals surface area (Å²) in [5, 5.41) is 3.08. The molecule has 1 atom stereocenters. The van der Waals surface area contributed by atoms with Crippen molar-refractivity contribution >= 4 is 5.91 Å². The maximum Gasteiger partial charge on any atom is 0.249 e. The number of nitrogens with one attached hydrogen (secondary N) is 1. The third-order valence-electron chi connectivity index (χ3n) is 3.84. The van der Waals surface area contributed by atoms with E-state index in [1.165, 1.54) is 4.90 Å². The zero-order valence-electron chi connectivity index (χ0n) is 11.8. The Morgan fingerprint density at radius 3 is 2.55 bits per heavy atom. The number of amides is 1. The Labute approximate surface area is 117 Å². The van der Waals surface area contributed by atoms with Crippen LogP contribution in [0.15, 0.2) is 29.3 Å². The van der Waals surface area contributed by atoms with Gasteiger partial charge in [0.25, 0.3) is 0 Å². The molecule has 1 unspecified atom stereocenters. The highest BCUT2D eigenvalue weighted by Crippen LogP contribution is 2.24. The van der Waals surface area contributed by atoms with E-state index in [-0.39, 0.29) is 11.5 Å². The summed E-state index contributed by atoms with van der Waals surface area (Å²) in [6, 6.07) is 2.76. The van der Waals surface area contributed by atoms with Gasteiger partial charge in [0.2, 0.25) is 5.91 Å². The molecular weight excluding hydrogens is 262 g/mol. The number of carbonyl (C=O) groups excluding carboxylic acids is 1. The van der Waals surface area contributed by atoms with Gasteiger partial charge >= 0.3 is 0 Å². The Bertz CT molecular complexity index is 563. The van der Waals surface area contributed by atoms with Crippen LogP contribution in [0.5, 0.6) is 0 Å². The van der Waals surface area contributed by atoms with Gasteiger partial charge < -0.3 is 10.2 Å². The fourth-order valence-corrected chi connectivity index (χ4v) is 2.15. The van der Waals surface area contributed by atoms with Crippen molar-refractivity contribution in [3.63, 3.8) is 0 Å². The van der Waals surface area contributed by atoms with Crippen LogP contribution < -0.4 is 5.32 Å². The Hall–Kier alpha value is -1.75. The summed E-state index contributed by atoms with van der Waals surface area (Å²) in [5.74, 6) is -1.17. The quantitative estimate of drug-likeness (QED) is 0.862. The molecule has 0 saturated carbocycles. The van der Waals surface area contributed by atoms with Crippen molar-refractivity contribution in [2.24, 2.45) is 0 Å². The molecule has 0 aromatic heterocycles. The second-order valence-corrected chi connectivity index (χ2v) is 5.09. The monoisotopic (exact) mass is 280 g/mol. The number of rotatable bonds is 3. The molecule has 0 radical (unpaired) electrons.